The first kappa shape index (κ1) is 16.7. The maximum Gasteiger partial charge on any atom is 0.329 e. The van der Waals surface area contributed by atoms with Crippen molar-refractivity contribution in [2.24, 2.45) is 7.05 Å². The molecule has 4 aromatic rings. The van der Waals surface area contributed by atoms with Crippen molar-refractivity contribution in [3.05, 3.63) is 70.9 Å². The van der Waals surface area contributed by atoms with E-state index in [9.17, 15) is 9.59 Å². The second-order valence-electron chi connectivity index (χ2n) is 5.92. The molecule has 2 aromatic heterocycles. The van der Waals surface area contributed by atoms with Crippen LogP contribution in [0.3, 0.4) is 0 Å². The van der Waals surface area contributed by atoms with Crippen LogP contribution in [0.1, 0.15) is 5.82 Å². The fraction of sp³-hybridized carbons (Fsp3) is 0.167. The van der Waals surface area contributed by atoms with Crippen molar-refractivity contribution in [1.82, 2.24) is 29.3 Å². The Morgan fingerprint density at radius 1 is 1.04 bits per heavy atom. The van der Waals surface area contributed by atoms with E-state index >= 15 is 0 Å². The van der Waals surface area contributed by atoms with Crippen molar-refractivity contribution in [1.29, 1.82) is 0 Å². The maximum atomic E-state index is 12.4. The number of hydrogen-bond acceptors (Lipinski definition) is 6. The summed E-state index contributed by atoms with van der Waals surface area (Å²) in [4.78, 5) is 24.7. The van der Waals surface area contributed by atoms with E-state index in [0.29, 0.717) is 11.3 Å². The highest BCUT2D eigenvalue weighted by Crippen LogP contribution is 2.12. The van der Waals surface area contributed by atoms with Crippen LogP contribution in [0, 0.1) is 0 Å². The summed E-state index contributed by atoms with van der Waals surface area (Å²) in [5, 5.41) is 11.4. The topological polar surface area (TPSA) is 96.8 Å². The van der Waals surface area contributed by atoms with Crippen molar-refractivity contribution < 1.29 is 9.53 Å². The molecule has 0 spiro atoms. The Morgan fingerprint density at radius 3 is 2.52 bits per heavy atom. The molecule has 0 aliphatic rings. The van der Waals surface area contributed by atoms with Gasteiger partial charge in [0.1, 0.15) is 6.54 Å². The third-order valence-electron chi connectivity index (χ3n) is 4.24. The number of aromatic nitrogens is 6. The molecule has 4 rings (SSSR count). The zero-order valence-corrected chi connectivity index (χ0v) is 14.5. The molecule has 0 unspecified atom stereocenters. The maximum absolute atomic E-state index is 12.4. The van der Waals surface area contributed by atoms with E-state index in [0.717, 1.165) is 11.2 Å². The molecule has 0 aliphatic carbocycles. The highest BCUT2D eigenvalue weighted by Gasteiger charge is 2.16. The molecule has 0 fully saturated rings. The first-order valence-electron chi connectivity index (χ1n) is 8.27. The van der Waals surface area contributed by atoms with Gasteiger partial charge in [0.15, 0.2) is 12.4 Å². The Balaban J connectivity index is 1.50. The van der Waals surface area contributed by atoms with Crippen molar-refractivity contribution >= 4 is 17.0 Å². The summed E-state index contributed by atoms with van der Waals surface area (Å²) in [6.07, 6.45) is 0. The number of rotatable bonds is 5. The summed E-state index contributed by atoms with van der Waals surface area (Å²) in [5.41, 5.74) is 1.92. The van der Waals surface area contributed by atoms with Crippen LogP contribution in [-0.4, -0.2) is 35.3 Å². The largest absolute Gasteiger partial charge is 0.456 e. The second-order valence-corrected chi connectivity index (χ2v) is 5.92. The molecule has 2 heterocycles. The van der Waals surface area contributed by atoms with Gasteiger partial charge in [-0.05, 0) is 34.7 Å². The molecule has 0 radical (unpaired) electrons. The molecule has 9 heteroatoms. The number of para-hydroxylation sites is 3. The highest BCUT2D eigenvalue weighted by molar-refractivity contribution is 5.78. The third kappa shape index (κ3) is 3.10. The van der Waals surface area contributed by atoms with E-state index in [1.807, 2.05) is 48.5 Å². The summed E-state index contributed by atoms with van der Waals surface area (Å²) in [7, 11) is 1.67. The van der Waals surface area contributed by atoms with Crippen LogP contribution < -0.4 is 5.69 Å². The molecule has 0 aliphatic heterocycles. The summed E-state index contributed by atoms with van der Waals surface area (Å²) < 4.78 is 9.68. The van der Waals surface area contributed by atoms with Gasteiger partial charge in [0.25, 0.3) is 0 Å². The minimum atomic E-state index is -0.545. The number of carbonyl (C=O) groups excluding carboxylic acids is 1. The predicted octanol–water partition coefficient (Wildman–Crippen LogP) is 1.06. The standard InChI is InChI=1S/C18H16N6O3/c1-22-14-9-5-6-10-15(14)23(18(22)26)11-17(25)27-12-16-19-20-21-24(16)13-7-3-2-4-8-13/h2-10H,11-12H2,1H3. The first-order valence-corrected chi connectivity index (χ1v) is 8.27. The minimum absolute atomic E-state index is 0.0970. The van der Waals surface area contributed by atoms with E-state index in [-0.39, 0.29) is 18.8 Å². The lowest BCUT2D eigenvalue weighted by molar-refractivity contribution is -0.145. The SMILES string of the molecule is Cn1c(=O)n(CC(=O)OCc2nnnn2-c2ccccc2)c2ccccc21. The molecule has 0 atom stereocenters. The zero-order chi connectivity index (χ0) is 18.8. The van der Waals surface area contributed by atoms with Crippen LogP contribution in [-0.2, 0) is 29.7 Å². The molecule has 0 saturated heterocycles. The van der Waals surface area contributed by atoms with Gasteiger partial charge in [0, 0.05) is 7.05 Å². The van der Waals surface area contributed by atoms with Crippen molar-refractivity contribution in [3.63, 3.8) is 0 Å². The van der Waals surface area contributed by atoms with Crippen LogP contribution in [0.5, 0.6) is 0 Å². The highest BCUT2D eigenvalue weighted by atomic mass is 16.5. The lowest BCUT2D eigenvalue weighted by Gasteiger charge is -2.06. The van der Waals surface area contributed by atoms with Crippen LogP contribution in [0.4, 0.5) is 0 Å². The third-order valence-corrected chi connectivity index (χ3v) is 4.24. The number of imidazole rings is 1. The Hall–Kier alpha value is -3.75. The lowest BCUT2D eigenvalue weighted by atomic mass is 10.3. The number of nitrogens with zero attached hydrogens (tertiary/aromatic N) is 6. The zero-order valence-electron chi connectivity index (χ0n) is 14.5. The van der Waals surface area contributed by atoms with Gasteiger partial charge in [0.05, 0.1) is 16.7 Å². The van der Waals surface area contributed by atoms with Gasteiger partial charge in [0.2, 0.25) is 0 Å². The van der Waals surface area contributed by atoms with Gasteiger partial charge in [-0.15, -0.1) is 5.10 Å². The van der Waals surface area contributed by atoms with Gasteiger partial charge in [-0.25, -0.2) is 4.79 Å². The van der Waals surface area contributed by atoms with Crippen LogP contribution in [0.25, 0.3) is 16.7 Å². The van der Waals surface area contributed by atoms with Gasteiger partial charge >= 0.3 is 11.7 Å². The summed E-state index contributed by atoms with van der Waals surface area (Å²) in [5.74, 6) is -0.157. The first-order chi connectivity index (χ1) is 13.1. The van der Waals surface area contributed by atoms with Crippen LogP contribution >= 0.6 is 0 Å². The number of carbonyl (C=O) groups is 1. The molecule has 2 aromatic carbocycles. The van der Waals surface area contributed by atoms with E-state index in [4.69, 9.17) is 4.74 Å². The number of fused-ring (bicyclic) bond motifs is 1. The predicted molar refractivity (Wildman–Crippen MR) is 96.1 cm³/mol. The molecule has 9 nitrogen and oxygen atoms in total. The van der Waals surface area contributed by atoms with E-state index < -0.39 is 5.97 Å². The molecule has 0 saturated carbocycles. The lowest BCUT2D eigenvalue weighted by Crippen LogP contribution is -2.26. The second kappa shape index (κ2) is 6.87. The number of aryl methyl sites for hydroxylation is 1. The fourth-order valence-corrected chi connectivity index (χ4v) is 2.90. The van der Waals surface area contributed by atoms with Crippen molar-refractivity contribution in [2.75, 3.05) is 0 Å². The summed E-state index contributed by atoms with van der Waals surface area (Å²) >= 11 is 0. The van der Waals surface area contributed by atoms with Crippen LogP contribution in [0.15, 0.2) is 59.4 Å². The average Bonchev–Trinajstić information content (AvgIpc) is 3.26. The minimum Gasteiger partial charge on any atom is -0.456 e. The molecule has 0 N–H and O–H groups in total. The normalized spacial score (nSPS) is 11.0. The average molecular weight is 364 g/mol. The molecule has 0 amide bonds. The molecule has 136 valence electrons. The molecule has 0 bridgehead atoms. The van der Waals surface area contributed by atoms with Gasteiger partial charge in [-0.2, -0.15) is 4.68 Å². The van der Waals surface area contributed by atoms with E-state index in [1.54, 1.807) is 13.1 Å². The molecular weight excluding hydrogens is 348 g/mol. The monoisotopic (exact) mass is 364 g/mol. The van der Waals surface area contributed by atoms with Gasteiger partial charge < -0.3 is 4.74 Å². The number of ether oxygens (including phenoxy) is 1. The molecular formula is C18H16N6O3. The number of benzene rings is 2. The van der Waals surface area contributed by atoms with Gasteiger partial charge in [-0.3, -0.25) is 13.9 Å². The Kier molecular flexibility index (Phi) is 4.25. The Labute approximate surface area is 153 Å². The van der Waals surface area contributed by atoms with Crippen molar-refractivity contribution in [2.45, 2.75) is 13.2 Å². The van der Waals surface area contributed by atoms with E-state index in [1.165, 1.54) is 13.8 Å². The number of esters is 1. The Bertz CT molecular complexity index is 1160. The Morgan fingerprint density at radius 2 is 1.74 bits per heavy atom. The summed E-state index contributed by atoms with van der Waals surface area (Å²) in [6.45, 7) is -0.284. The number of tetrazole rings is 1. The van der Waals surface area contributed by atoms with Gasteiger partial charge in [-0.1, -0.05) is 30.3 Å². The quantitative estimate of drug-likeness (QED) is 0.491. The fourth-order valence-electron chi connectivity index (χ4n) is 2.90. The summed E-state index contributed by atoms with van der Waals surface area (Å²) in [6, 6.07) is 16.6. The molecule has 27 heavy (non-hydrogen) atoms. The van der Waals surface area contributed by atoms with E-state index in [2.05, 4.69) is 15.5 Å². The van der Waals surface area contributed by atoms with Crippen LogP contribution in [0.2, 0.25) is 0 Å². The van der Waals surface area contributed by atoms with Crippen molar-refractivity contribution in [3.8, 4) is 5.69 Å². The smallest absolute Gasteiger partial charge is 0.329 e. The number of hydrogen-bond donors (Lipinski definition) is 0.